The van der Waals surface area contributed by atoms with Gasteiger partial charge in [0.05, 0.1) is 5.69 Å². The van der Waals surface area contributed by atoms with Gasteiger partial charge in [-0.15, -0.1) is 0 Å². The first kappa shape index (κ1) is 8.04. The van der Waals surface area contributed by atoms with Crippen LogP contribution in [0.25, 0.3) is 0 Å². The zero-order chi connectivity index (χ0) is 9.42. The summed E-state index contributed by atoms with van der Waals surface area (Å²) in [5, 5.41) is 0. The molecule has 0 saturated carbocycles. The molecular formula is C9H9FN2O. The minimum absolute atomic E-state index is 0.0514. The smallest absolute Gasteiger partial charge is 0.228 e. The Morgan fingerprint density at radius 2 is 2.23 bits per heavy atom. The molecule has 68 valence electrons. The number of carbonyl (C=O) groups is 1. The maximum Gasteiger partial charge on any atom is 0.228 e. The van der Waals surface area contributed by atoms with Gasteiger partial charge in [-0.1, -0.05) is 0 Å². The summed E-state index contributed by atoms with van der Waals surface area (Å²) in [5.41, 5.74) is 6.24. The number of nitrogen functional groups attached to an aromatic ring is 1. The molecule has 0 atom stereocenters. The first-order valence-electron chi connectivity index (χ1n) is 4.04. The highest BCUT2D eigenvalue weighted by atomic mass is 19.1. The fourth-order valence-corrected chi connectivity index (χ4v) is 1.31. The van der Waals surface area contributed by atoms with Gasteiger partial charge in [0.15, 0.2) is 0 Å². The third-order valence-corrected chi connectivity index (χ3v) is 2.11. The van der Waals surface area contributed by atoms with E-state index >= 15 is 0 Å². The Balaban J connectivity index is 2.38. The molecule has 3 nitrogen and oxygen atoms in total. The summed E-state index contributed by atoms with van der Waals surface area (Å²) < 4.78 is 13.2. The Bertz CT molecular complexity index is 365. The number of halogens is 1. The molecule has 1 heterocycles. The molecule has 0 aromatic heterocycles. The van der Waals surface area contributed by atoms with Gasteiger partial charge in [0.1, 0.15) is 5.82 Å². The minimum atomic E-state index is -0.401. The van der Waals surface area contributed by atoms with Crippen molar-refractivity contribution in [3.8, 4) is 0 Å². The highest BCUT2D eigenvalue weighted by molar-refractivity contribution is 5.99. The number of nitrogens with two attached hydrogens (primary N) is 1. The first-order chi connectivity index (χ1) is 6.18. The second-order valence-electron chi connectivity index (χ2n) is 3.01. The van der Waals surface area contributed by atoms with Crippen molar-refractivity contribution in [2.24, 2.45) is 0 Å². The Kier molecular flexibility index (Phi) is 1.69. The monoisotopic (exact) mass is 180 g/mol. The van der Waals surface area contributed by atoms with Gasteiger partial charge in [-0.2, -0.15) is 0 Å². The van der Waals surface area contributed by atoms with E-state index in [1.165, 1.54) is 23.1 Å². The van der Waals surface area contributed by atoms with E-state index in [4.69, 9.17) is 5.73 Å². The topological polar surface area (TPSA) is 46.3 Å². The van der Waals surface area contributed by atoms with Crippen LogP contribution in [0.1, 0.15) is 6.42 Å². The molecule has 1 saturated heterocycles. The van der Waals surface area contributed by atoms with E-state index in [0.717, 1.165) is 0 Å². The van der Waals surface area contributed by atoms with E-state index in [2.05, 4.69) is 0 Å². The third kappa shape index (κ3) is 1.24. The summed E-state index contributed by atoms with van der Waals surface area (Å²) in [4.78, 5) is 12.4. The van der Waals surface area contributed by atoms with Crippen LogP contribution in [0.4, 0.5) is 15.8 Å². The highest BCUT2D eigenvalue weighted by Crippen LogP contribution is 2.26. The lowest BCUT2D eigenvalue weighted by Crippen LogP contribution is -2.43. The molecule has 2 N–H and O–H groups in total. The SMILES string of the molecule is Nc1ccc(F)c(N2CCC2=O)c1. The lowest BCUT2D eigenvalue weighted by atomic mass is 10.1. The summed E-state index contributed by atoms with van der Waals surface area (Å²) in [6.45, 7) is 0.583. The van der Waals surface area contributed by atoms with Crippen LogP contribution in [-0.2, 0) is 4.79 Å². The van der Waals surface area contributed by atoms with Crippen LogP contribution in [0.15, 0.2) is 18.2 Å². The molecular weight excluding hydrogens is 171 g/mol. The fourth-order valence-electron chi connectivity index (χ4n) is 1.31. The number of benzene rings is 1. The summed E-state index contributed by atoms with van der Waals surface area (Å²) in [6.07, 6.45) is 0.494. The van der Waals surface area contributed by atoms with Crippen LogP contribution in [0.3, 0.4) is 0 Å². The number of hydrogen-bond acceptors (Lipinski definition) is 2. The van der Waals surface area contributed by atoms with E-state index in [9.17, 15) is 9.18 Å². The number of carbonyl (C=O) groups excluding carboxylic acids is 1. The molecule has 0 aliphatic carbocycles. The second-order valence-corrected chi connectivity index (χ2v) is 3.01. The molecule has 1 aromatic rings. The van der Waals surface area contributed by atoms with Crippen molar-refractivity contribution >= 4 is 17.3 Å². The Hall–Kier alpha value is -1.58. The summed E-state index contributed by atoms with van der Waals surface area (Å²) in [6, 6.07) is 4.23. The molecule has 1 aromatic carbocycles. The van der Waals surface area contributed by atoms with Crippen LogP contribution in [0, 0.1) is 5.82 Å². The van der Waals surface area contributed by atoms with E-state index in [0.29, 0.717) is 18.7 Å². The molecule has 1 aliphatic rings. The van der Waals surface area contributed by atoms with Gasteiger partial charge in [0.25, 0.3) is 0 Å². The van der Waals surface area contributed by atoms with Gasteiger partial charge in [-0.05, 0) is 18.2 Å². The van der Waals surface area contributed by atoms with Gasteiger partial charge >= 0.3 is 0 Å². The van der Waals surface area contributed by atoms with E-state index < -0.39 is 5.82 Å². The van der Waals surface area contributed by atoms with E-state index in [1.54, 1.807) is 0 Å². The molecule has 0 radical (unpaired) electrons. The Morgan fingerprint density at radius 3 is 2.77 bits per heavy atom. The zero-order valence-corrected chi connectivity index (χ0v) is 6.96. The summed E-state index contributed by atoms with van der Waals surface area (Å²) >= 11 is 0. The van der Waals surface area contributed by atoms with Crippen LogP contribution in [-0.4, -0.2) is 12.5 Å². The van der Waals surface area contributed by atoms with Crippen molar-refractivity contribution in [2.75, 3.05) is 17.2 Å². The van der Waals surface area contributed by atoms with Gasteiger partial charge in [-0.3, -0.25) is 4.79 Å². The molecule has 0 unspecified atom stereocenters. The molecule has 1 fully saturated rings. The molecule has 0 bridgehead atoms. The van der Waals surface area contributed by atoms with Crippen molar-refractivity contribution in [2.45, 2.75) is 6.42 Å². The second kappa shape index (κ2) is 2.73. The minimum Gasteiger partial charge on any atom is -0.399 e. The van der Waals surface area contributed by atoms with Crippen molar-refractivity contribution in [1.82, 2.24) is 0 Å². The Morgan fingerprint density at radius 1 is 1.46 bits per heavy atom. The average molecular weight is 180 g/mol. The molecule has 2 rings (SSSR count). The summed E-state index contributed by atoms with van der Waals surface area (Å²) in [7, 11) is 0. The number of β-lactam (4-membered cyclic amide) rings is 1. The number of amides is 1. The van der Waals surface area contributed by atoms with Crippen molar-refractivity contribution in [3.63, 3.8) is 0 Å². The van der Waals surface area contributed by atoms with Crippen LogP contribution < -0.4 is 10.6 Å². The van der Waals surface area contributed by atoms with Crippen molar-refractivity contribution < 1.29 is 9.18 Å². The van der Waals surface area contributed by atoms with Gasteiger partial charge in [0, 0.05) is 18.7 Å². The van der Waals surface area contributed by atoms with Crippen LogP contribution >= 0.6 is 0 Å². The number of hydrogen-bond donors (Lipinski definition) is 1. The predicted octanol–water partition coefficient (Wildman–Crippen LogP) is 1.14. The van der Waals surface area contributed by atoms with Gasteiger partial charge in [-0.25, -0.2) is 4.39 Å². The highest BCUT2D eigenvalue weighted by Gasteiger charge is 2.27. The Labute approximate surface area is 74.9 Å². The summed E-state index contributed by atoms with van der Waals surface area (Å²) in [5.74, 6) is -0.452. The maximum absolute atomic E-state index is 13.2. The van der Waals surface area contributed by atoms with Crippen molar-refractivity contribution in [1.29, 1.82) is 0 Å². The van der Waals surface area contributed by atoms with Crippen LogP contribution in [0.2, 0.25) is 0 Å². The van der Waals surface area contributed by atoms with Crippen molar-refractivity contribution in [3.05, 3.63) is 24.0 Å². The standard InChI is InChI=1S/C9H9FN2O/c10-7-2-1-6(11)5-8(7)12-4-3-9(12)13/h1-2,5H,3-4,11H2. The van der Waals surface area contributed by atoms with Gasteiger partial charge in [0.2, 0.25) is 5.91 Å². The predicted molar refractivity (Wildman–Crippen MR) is 47.8 cm³/mol. The fraction of sp³-hybridized carbons (Fsp3) is 0.222. The normalized spacial score (nSPS) is 15.8. The lowest BCUT2D eigenvalue weighted by Gasteiger charge is -2.30. The van der Waals surface area contributed by atoms with E-state index in [1.807, 2.05) is 0 Å². The third-order valence-electron chi connectivity index (χ3n) is 2.11. The molecule has 4 heteroatoms. The quantitative estimate of drug-likeness (QED) is 0.520. The molecule has 0 spiro atoms. The molecule has 1 amide bonds. The van der Waals surface area contributed by atoms with Gasteiger partial charge < -0.3 is 10.6 Å². The largest absolute Gasteiger partial charge is 0.399 e. The molecule has 1 aliphatic heterocycles. The number of rotatable bonds is 1. The first-order valence-corrected chi connectivity index (χ1v) is 4.04. The zero-order valence-electron chi connectivity index (χ0n) is 6.96. The molecule has 13 heavy (non-hydrogen) atoms. The number of nitrogens with zero attached hydrogens (tertiary/aromatic N) is 1. The average Bonchev–Trinajstić information content (AvgIpc) is 2.09. The number of anilines is 2. The van der Waals surface area contributed by atoms with Crippen LogP contribution in [0.5, 0.6) is 0 Å². The lowest BCUT2D eigenvalue weighted by molar-refractivity contribution is -0.122. The van der Waals surface area contributed by atoms with E-state index in [-0.39, 0.29) is 11.6 Å². The maximum atomic E-state index is 13.2.